The van der Waals surface area contributed by atoms with Crippen LogP contribution in [0, 0.1) is 0 Å². The second kappa shape index (κ2) is 12.0. The Balaban J connectivity index is 2.39. The van der Waals surface area contributed by atoms with Crippen molar-refractivity contribution in [3.05, 3.63) is 91.0 Å². The van der Waals surface area contributed by atoms with Crippen LogP contribution in [-0.2, 0) is 13.4 Å². The van der Waals surface area contributed by atoms with Gasteiger partial charge in [-0.3, -0.25) is 0 Å². The van der Waals surface area contributed by atoms with Gasteiger partial charge in [0.25, 0.3) is 0 Å². The van der Waals surface area contributed by atoms with Gasteiger partial charge >= 0.3 is 57.1 Å². The van der Waals surface area contributed by atoms with Gasteiger partial charge in [-0.25, -0.2) is 4.55 Å². The quantitative estimate of drug-likeness (QED) is 0.120. The summed E-state index contributed by atoms with van der Waals surface area (Å²) < 4.78 is 264. The molecule has 1 N–H and O–H groups in total. The Bertz CT molecular complexity index is 1610. The molecule has 0 aromatic heterocycles. The van der Waals surface area contributed by atoms with E-state index in [0.717, 1.165) is 72.8 Å². The van der Waals surface area contributed by atoms with E-state index in [4.69, 9.17) is 0 Å². The smallest absolute Gasteiger partial charge is 0.240 e. The van der Waals surface area contributed by atoms with Crippen LogP contribution < -0.4 is 0 Å². The molecular weight excluding hydrogens is 747 g/mol. The highest BCUT2D eigenvalue weighted by Crippen LogP contribution is 2.69. The molecule has 0 aliphatic heterocycles. The number of rotatable bonds is 11. The molecule has 0 aliphatic carbocycles. The van der Waals surface area contributed by atoms with E-state index >= 15 is 8.78 Å². The Morgan fingerprint density at radius 2 is 0.667 bits per heavy atom. The summed E-state index contributed by atoms with van der Waals surface area (Å²) >= 11 is 0. The zero-order valence-corrected chi connectivity index (χ0v) is 24.3. The van der Waals surface area contributed by atoms with Crippen molar-refractivity contribution in [2.75, 3.05) is 0 Å². The molecule has 268 valence electrons. The van der Waals surface area contributed by atoms with Crippen LogP contribution in [0.1, 0.15) is 0 Å². The van der Waals surface area contributed by atoms with E-state index in [-0.39, 0.29) is 0 Å². The third-order valence-electron chi connectivity index (χ3n) is 6.44. The number of alkyl halides is 17. The Morgan fingerprint density at radius 1 is 0.417 bits per heavy atom. The summed E-state index contributed by atoms with van der Waals surface area (Å²) in [6.07, 6.45) is -7.91. The fourth-order valence-corrected chi connectivity index (χ4v) is 9.14. The molecule has 0 bridgehead atoms. The Hall–Kier alpha value is -3.27. The minimum Gasteiger partial charge on any atom is -0.240 e. The lowest BCUT2D eigenvalue weighted by Gasteiger charge is -2.41. The highest BCUT2D eigenvalue weighted by molar-refractivity contribution is 8.30. The van der Waals surface area contributed by atoms with Gasteiger partial charge in [0.1, 0.15) is 0 Å². The first-order valence-corrected chi connectivity index (χ1v) is 15.2. The van der Waals surface area contributed by atoms with Crippen molar-refractivity contribution in [3.63, 3.8) is 0 Å². The monoisotopic (exact) mass is 763 g/mol. The van der Waals surface area contributed by atoms with Crippen LogP contribution in [0.15, 0.2) is 106 Å². The number of benzene rings is 3. The Kier molecular flexibility index (Phi) is 9.75. The van der Waals surface area contributed by atoms with E-state index in [1.807, 2.05) is 0 Å². The molecule has 3 aromatic rings. The van der Waals surface area contributed by atoms with Crippen LogP contribution in [0.3, 0.4) is 0 Å². The van der Waals surface area contributed by atoms with Crippen LogP contribution in [0.5, 0.6) is 0 Å². The molecule has 0 aliphatic rings. The predicted octanol–water partition coefficient (Wildman–Crippen LogP) is 10.5. The van der Waals surface area contributed by atoms with Crippen LogP contribution in [-0.4, -0.2) is 55.7 Å². The Morgan fingerprint density at radius 3 is 0.938 bits per heavy atom. The average molecular weight is 764 g/mol. The van der Waals surface area contributed by atoms with Crippen LogP contribution >= 0.6 is 10.3 Å². The second-order valence-electron chi connectivity index (χ2n) is 9.50. The van der Waals surface area contributed by atoms with Gasteiger partial charge in [-0.15, -0.1) is 7.49 Å². The third kappa shape index (κ3) is 5.46. The maximum absolute atomic E-state index is 15.2. The van der Waals surface area contributed by atoms with Crippen molar-refractivity contribution in [3.8, 4) is 0 Å². The molecule has 0 heterocycles. The van der Waals surface area contributed by atoms with E-state index in [1.54, 1.807) is 0 Å². The summed E-state index contributed by atoms with van der Waals surface area (Å²) in [6, 6.07) is 16.5. The standard InChI is InChI=1S/C26H15F17O3S2/c27-19(28,21(31,32)23(35,36)25(39,40)41)20(29,30)22(33,34)24(37,38)26(42,43)48(44,45)46-47(16-10-4-1-5-11-16,17-12-6-2-7-13-17)18-14-8-3-9-15-18/h1-15H/p+1. The first-order valence-electron chi connectivity index (χ1n) is 12.2. The molecule has 1 unspecified atom stereocenters. The van der Waals surface area contributed by atoms with Gasteiger partial charge in [-0.2, -0.15) is 74.6 Å². The molecule has 0 saturated carbocycles. The van der Waals surface area contributed by atoms with Crippen LogP contribution in [0.2, 0.25) is 0 Å². The molecule has 0 spiro atoms. The van der Waals surface area contributed by atoms with Crippen LogP contribution in [0.4, 0.5) is 74.6 Å². The maximum Gasteiger partial charge on any atom is 0.497 e. The molecule has 48 heavy (non-hydrogen) atoms. The maximum atomic E-state index is 15.2. The molecule has 0 saturated heterocycles. The van der Waals surface area contributed by atoms with Crippen molar-refractivity contribution < 1.29 is 86.7 Å². The van der Waals surface area contributed by atoms with Crippen molar-refractivity contribution in [1.82, 2.24) is 0 Å². The number of halogens is 17. The zero-order chi connectivity index (χ0) is 37.0. The van der Waals surface area contributed by atoms with Crippen molar-refractivity contribution in [2.45, 2.75) is 61.7 Å². The molecule has 3 aromatic carbocycles. The summed E-state index contributed by atoms with van der Waals surface area (Å²) in [4.78, 5) is -1.33. The average Bonchev–Trinajstić information content (AvgIpc) is 3.00. The molecule has 1 atom stereocenters. The van der Waals surface area contributed by atoms with Gasteiger partial charge in [0.15, 0.2) is 10.3 Å². The van der Waals surface area contributed by atoms with Gasteiger partial charge in [0.05, 0.1) is 14.7 Å². The molecule has 0 fully saturated rings. The third-order valence-corrected chi connectivity index (χ3v) is 11.7. The van der Waals surface area contributed by atoms with E-state index in [2.05, 4.69) is 3.29 Å². The molecular formula is C26H16F17O3S2+. The molecule has 22 heteroatoms. The van der Waals surface area contributed by atoms with E-state index < -0.39 is 82.1 Å². The van der Waals surface area contributed by atoms with E-state index in [0.29, 0.717) is 0 Å². The minimum atomic E-state index is -8.93. The summed E-state index contributed by atoms with van der Waals surface area (Å²) in [7, 11) is -12.0. The lowest BCUT2D eigenvalue weighted by Crippen LogP contribution is -2.75. The Labute approximate surface area is 259 Å². The lowest BCUT2D eigenvalue weighted by atomic mass is 9.91. The molecule has 3 nitrogen and oxygen atoms in total. The highest BCUT2D eigenvalue weighted by atomic mass is 32.3. The fraction of sp³-hybridized carbons (Fsp3) is 0.308. The van der Waals surface area contributed by atoms with Gasteiger partial charge < -0.3 is 0 Å². The normalized spacial score (nSPS) is 16.3. The highest BCUT2D eigenvalue weighted by Gasteiger charge is 2.97. The van der Waals surface area contributed by atoms with Gasteiger partial charge in [0.2, 0.25) is 0 Å². The van der Waals surface area contributed by atoms with Gasteiger partial charge in [-0.05, 0) is 36.4 Å². The second-order valence-corrected chi connectivity index (χ2v) is 14.0. The fourth-order valence-electron chi connectivity index (χ4n) is 3.86. The summed E-state index contributed by atoms with van der Waals surface area (Å²) in [5.41, 5.74) is 0. The summed E-state index contributed by atoms with van der Waals surface area (Å²) in [5, 5.41) is -7.73. The van der Waals surface area contributed by atoms with Crippen molar-refractivity contribution in [1.29, 1.82) is 0 Å². The van der Waals surface area contributed by atoms with Crippen LogP contribution in [0.25, 0.3) is 0 Å². The first kappa shape index (κ1) is 39.2. The minimum absolute atomic E-state index is 0.444. The van der Waals surface area contributed by atoms with Crippen molar-refractivity contribution >= 4 is 20.4 Å². The predicted molar refractivity (Wildman–Crippen MR) is 134 cm³/mol. The summed E-state index contributed by atoms with van der Waals surface area (Å²) in [5.74, 6) is -52.1. The van der Waals surface area contributed by atoms with Crippen molar-refractivity contribution in [2.24, 2.45) is 0 Å². The number of hydrogen-bond acceptors (Lipinski definition) is 1. The SMILES string of the molecule is O=S(O)(=[O+]S(c1ccccc1)(c1ccccc1)c1ccccc1)C(F)(F)C(F)(F)C(F)(F)C(F)(F)C(F)(F)C(F)(F)C(F)(F)C(F)(F)F. The summed E-state index contributed by atoms with van der Waals surface area (Å²) in [6.45, 7) is 0. The number of hydrogen-bond donors (Lipinski definition) is 1. The first-order chi connectivity index (χ1) is 21.5. The zero-order valence-electron chi connectivity index (χ0n) is 22.7. The molecule has 0 amide bonds. The van der Waals surface area contributed by atoms with Gasteiger partial charge in [-0.1, -0.05) is 54.6 Å². The largest absolute Gasteiger partial charge is 0.497 e. The van der Waals surface area contributed by atoms with Gasteiger partial charge in [0, 0.05) is 0 Å². The molecule has 3 rings (SSSR count). The molecule has 0 radical (unpaired) electrons. The van der Waals surface area contributed by atoms with E-state index in [1.165, 1.54) is 18.2 Å². The lowest BCUT2D eigenvalue weighted by molar-refractivity contribution is -0.458. The topological polar surface area (TPSA) is 48.6 Å². The van der Waals surface area contributed by atoms with E-state index in [9.17, 15) is 74.6 Å².